The lowest BCUT2D eigenvalue weighted by Crippen LogP contribution is -2.06. The summed E-state index contributed by atoms with van der Waals surface area (Å²) in [6, 6.07) is 2.54. The predicted molar refractivity (Wildman–Crippen MR) is 40.9 cm³/mol. The van der Waals surface area contributed by atoms with E-state index in [9.17, 15) is 9.59 Å². The van der Waals surface area contributed by atoms with Gasteiger partial charge in [0.25, 0.3) is 0 Å². The van der Waals surface area contributed by atoms with E-state index in [1.54, 1.807) is 6.92 Å². The van der Waals surface area contributed by atoms with Crippen LogP contribution in [0, 0.1) is 0 Å². The molecule has 1 aromatic rings. The summed E-state index contributed by atoms with van der Waals surface area (Å²) in [6.07, 6.45) is 1.08. The molecular weight excluding hydrogens is 160 g/mol. The van der Waals surface area contributed by atoms with Crippen LogP contribution in [-0.2, 0) is 4.74 Å². The molecule has 0 unspecified atom stereocenters. The maximum atomic E-state index is 11.0. The van der Waals surface area contributed by atoms with Gasteiger partial charge in [-0.3, -0.25) is 0 Å². The molecule has 0 aliphatic heterocycles. The molecule has 1 heterocycles. The molecule has 0 spiro atoms. The summed E-state index contributed by atoms with van der Waals surface area (Å²) >= 11 is 0. The fraction of sp³-hybridized carbons (Fsp3) is 0.250. The van der Waals surface area contributed by atoms with Crippen molar-refractivity contribution < 1.29 is 13.9 Å². The van der Waals surface area contributed by atoms with Crippen molar-refractivity contribution in [3.63, 3.8) is 0 Å². The molecule has 0 aromatic carbocycles. The van der Waals surface area contributed by atoms with Crippen LogP contribution in [0.4, 0.5) is 0 Å². The first-order valence-corrected chi connectivity index (χ1v) is 3.50. The zero-order valence-electron chi connectivity index (χ0n) is 6.57. The first kappa shape index (κ1) is 8.52. The second kappa shape index (κ2) is 3.71. The van der Waals surface area contributed by atoms with Crippen LogP contribution in [0.3, 0.4) is 0 Å². The molecule has 0 aliphatic carbocycles. The van der Waals surface area contributed by atoms with Crippen molar-refractivity contribution in [2.45, 2.75) is 6.92 Å². The topological polar surface area (TPSA) is 56.5 Å². The molecule has 4 heteroatoms. The smallest absolute Gasteiger partial charge is 0.341 e. The van der Waals surface area contributed by atoms with Crippen molar-refractivity contribution in [3.05, 3.63) is 34.4 Å². The van der Waals surface area contributed by atoms with E-state index >= 15 is 0 Å². The van der Waals surface area contributed by atoms with E-state index < -0.39 is 11.6 Å². The van der Waals surface area contributed by atoms with Gasteiger partial charge in [0.15, 0.2) is 0 Å². The first-order chi connectivity index (χ1) is 5.74. The molecule has 0 atom stereocenters. The number of rotatable bonds is 2. The molecule has 0 saturated heterocycles. The molecule has 4 nitrogen and oxygen atoms in total. The average Bonchev–Trinajstić information content (AvgIpc) is 2.06. The largest absolute Gasteiger partial charge is 0.462 e. The molecular formula is C8H8O4. The zero-order valence-corrected chi connectivity index (χ0v) is 6.57. The van der Waals surface area contributed by atoms with Gasteiger partial charge in [-0.05, 0) is 13.0 Å². The van der Waals surface area contributed by atoms with Gasteiger partial charge in [0.1, 0.15) is 6.26 Å². The minimum absolute atomic E-state index is 0.247. The highest BCUT2D eigenvalue weighted by Crippen LogP contribution is 1.97. The number of ether oxygens (including phenoxy) is 1. The van der Waals surface area contributed by atoms with Gasteiger partial charge < -0.3 is 9.15 Å². The van der Waals surface area contributed by atoms with Crippen LogP contribution in [0.25, 0.3) is 0 Å². The Kier molecular flexibility index (Phi) is 2.63. The average molecular weight is 168 g/mol. The lowest BCUT2D eigenvalue weighted by atomic mass is 10.3. The van der Waals surface area contributed by atoms with Gasteiger partial charge in [-0.15, -0.1) is 0 Å². The Balaban J connectivity index is 2.82. The van der Waals surface area contributed by atoms with Crippen LogP contribution < -0.4 is 5.63 Å². The maximum absolute atomic E-state index is 11.0. The van der Waals surface area contributed by atoms with E-state index in [-0.39, 0.29) is 5.56 Å². The molecule has 0 N–H and O–H groups in total. The second-order valence-electron chi connectivity index (χ2n) is 2.06. The summed E-state index contributed by atoms with van der Waals surface area (Å²) in [5.74, 6) is -0.485. The summed E-state index contributed by atoms with van der Waals surface area (Å²) in [5, 5.41) is 0. The molecule has 64 valence electrons. The highest BCUT2D eigenvalue weighted by molar-refractivity contribution is 5.88. The number of carbonyl (C=O) groups is 1. The van der Waals surface area contributed by atoms with Crippen LogP contribution in [0.5, 0.6) is 0 Å². The second-order valence-corrected chi connectivity index (χ2v) is 2.06. The lowest BCUT2D eigenvalue weighted by Gasteiger charge is -1.98. The van der Waals surface area contributed by atoms with Gasteiger partial charge in [-0.1, -0.05) is 0 Å². The molecule has 0 aliphatic rings. The molecule has 12 heavy (non-hydrogen) atoms. The van der Waals surface area contributed by atoms with E-state index in [1.807, 2.05) is 0 Å². The third kappa shape index (κ3) is 1.95. The van der Waals surface area contributed by atoms with Crippen molar-refractivity contribution in [2.24, 2.45) is 0 Å². The van der Waals surface area contributed by atoms with Crippen molar-refractivity contribution in [1.82, 2.24) is 0 Å². The minimum atomic E-state index is -0.485. The van der Waals surface area contributed by atoms with Crippen molar-refractivity contribution >= 4 is 5.97 Å². The van der Waals surface area contributed by atoms with Gasteiger partial charge >= 0.3 is 11.6 Å². The number of esters is 1. The van der Waals surface area contributed by atoms with Crippen LogP contribution in [0.2, 0.25) is 0 Å². The number of carbonyl (C=O) groups excluding carboxylic acids is 1. The summed E-state index contributed by atoms with van der Waals surface area (Å²) in [5.41, 5.74) is -0.237. The summed E-state index contributed by atoms with van der Waals surface area (Å²) in [4.78, 5) is 21.5. The van der Waals surface area contributed by atoms with E-state index in [1.165, 1.54) is 12.1 Å². The summed E-state index contributed by atoms with van der Waals surface area (Å²) in [7, 11) is 0. The Morgan fingerprint density at radius 2 is 2.33 bits per heavy atom. The van der Waals surface area contributed by atoms with Gasteiger partial charge in [0, 0.05) is 6.07 Å². The minimum Gasteiger partial charge on any atom is -0.462 e. The van der Waals surface area contributed by atoms with Gasteiger partial charge in [0.2, 0.25) is 0 Å². The third-order valence-corrected chi connectivity index (χ3v) is 1.21. The van der Waals surface area contributed by atoms with Gasteiger partial charge in [0.05, 0.1) is 12.2 Å². The standard InChI is InChI=1S/C8H8O4/c1-2-11-8(10)6-3-4-7(9)12-5-6/h3-5H,2H2,1H3. The number of hydrogen-bond acceptors (Lipinski definition) is 4. The summed E-state index contributed by atoms with van der Waals surface area (Å²) < 4.78 is 9.14. The van der Waals surface area contributed by atoms with Gasteiger partial charge in [-0.25, -0.2) is 9.59 Å². The van der Waals surface area contributed by atoms with E-state index in [4.69, 9.17) is 0 Å². The Hall–Kier alpha value is -1.58. The quantitative estimate of drug-likeness (QED) is 0.613. The van der Waals surface area contributed by atoms with E-state index in [2.05, 4.69) is 9.15 Å². The fourth-order valence-electron chi connectivity index (χ4n) is 0.689. The third-order valence-electron chi connectivity index (χ3n) is 1.21. The van der Waals surface area contributed by atoms with Crippen LogP contribution in [-0.4, -0.2) is 12.6 Å². The van der Waals surface area contributed by atoms with Gasteiger partial charge in [-0.2, -0.15) is 0 Å². The van der Waals surface area contributed by atoms with Crippen molar-refractivity contribution in [2.75, 3.05) is 6.61 Å². The molecule has 0 amide bonds. The fourth-order valence-corrected chi connectivity index (χ4v) is 0.689. The first-order valence-electron chi connectivity index (χ1n) is 3.50. The maximum Gasteiger partial charge on any atom is 0.341 e. The SMILES string of the molecule is CCOC(=O)c1ccc(=O)oc1. The van der Waals surface area contributed by atoms with E-state index in [0.717, 1.165) is 6.26 Å². The van der Waals surface area contributed by atoms with Crippen molar-refractivity contribution in [1.29, 1.82) is 0 Å². The zero-order chi connectivity index (χ0) is 8.97. The van der Waals surface area contributed by atoms with Crippen LogP contribution in [0.15, 0.2) is 27.6 Å². The normalized spacial score (nSPS) is 9.42. The molecule has 0 bridgehead atoms. The highest BCUT2D eigenvalue weighted by atomic mass is 16.5. The Labute approximate surface area is 68.8 Å². The Morgan fingerprint density at radius 3 is 2.83 bits per heavy atom. The Morgan fingerprint density at radius 1 is 1.58 bits per heavy atom. The molecule has 1 aromatic heterocycles. The highest BCUT2D eigenvalue weighted by Gasteiger charge is 2.05. The number of hydrogen-bond donors (Lipinski definition) is 0. The molecule has 0 fully saturated rings. The monoisotopic (exact) mass is 168 g/mol. The van der Waals surface area contributed by atoms with Crippen LogP contribution >= 0.6 is 0 Å². The van der Waals surface area contributed by atoms with Crippen molar-refractivity contribution in [3.8, 4) is 0 Å². The predicted octanol–water partition coefficient (Wildman–Crippen LogP) is 0.817. The molecule has 0 saturated carbocycles. The Bertz CT molecular complexity index is 306. The molecule has 0 radical (unpaired) electrons. The van der Waals surface area contributed by atoms with E-state index in [0.29, 0.717) is 6.61 Å². The summed E-state index contributed by atoms with van der Waals surface area (Å²) in [6.45, 7) is 2.01. The van der Waals surface area contributed by atoms with Crippen LogP contribution in [0.1, 0.15) is 17.3 Å². The molecule has 1 rings (SSSR count). The lowest BCUT2D eigenvalue weighted by molar-refractivity contribution is 0.0523.